The van der Waals surface area contributed by atoms with Gasteiger partial charge in [0.2, 0.25) is 0 Å². The molecule has 1 heterocycles. The Hall–Kier alpha value is -1.09. The number of likely N-dealkylation sites (tertiary alicyclic amines) is 1. The Morgan fingerprint density at radius 3 is 2.44 bits per heavy atom. The van der Waals surface area contributed by atoms with Crippen LogP contribution in [0.25, 0.3) is 0 Å². The van der Waals surface area contributed by atoms with Crippen LogP contribution in [0.1, 0.15) is 25.8 Å². The van der Waals surface area contributed by atoms with Crippen molar-refractivity contribution in [1.82, 2.24) is 4.90 Å². The molecule has 1 saturated heterocycles. The van der Waals surface area contributed by atoms with Crippen LogP contribution in [0.2, 0.25) is 0 Å². The van der Waals surface area contributed by atoms with Gasteiger partial charge in [0.1, 0.15) is 0 Å². The summed E-state index contributed by atoms with van der Waals surface area (Å²) in [5.74, 6) is 1.45. The second kappa shape index (κ2) is 5.70. The molecule has 1 aromatic rings. The van der Waals surface area contributed by atoms with Crippen molar-refractivity contribution >= 4 is 23.0 Å². The van der Waals surface area contributed by atoms with E-state index in [0.717, 1.165) is 35.7 Å². The summed E-state index contributed by atoms with van der Waals surface area (Å²) in [6, 6.07) is 8.28. The monoisotopic (exact) mass is 262 g/mol. The first-order valence-electron chi connectivity index (χ1n) is 6.68. The number of nitrogens with zero attached hydrogens (tertiary/aromatic N) is 1. The maximum Gasteiger partial charge on any atom is 0.173 e. The molecular formula is C15H22N2S. The first kappa shape index (κ1) is 13.3. The number of rotatable bonds is 1. The number of para-hydroxylation sites is 1. The molecule has 98 valence electrons. The van der Waals surface area contributed by atoms with Gasteiger partial charge < -0.3 is 10.2 Å². The molecule has 0 aromatic heterocycles. The van der Waals surface area contributed by atoms with Crippen molar-refractivity contribution < 1.29 is 0 Å². The van der Waals surface area contributed by atoms with Gasteiger partial charge in [0.15, 0.2) is 5.11 Å². The summed E-state index contributed by atoms with van der Waals surface area (Å²) in [6.07, 6.45) is 1.31. The maximum absolute atomic E-state index is 5.54. The van der Waals surface area contributed by atoms with Crippen LogP contribution in [0.15, 0.2) is 24.3 Å². The average Bonchev–Trinajstić information content (AvgIpc) is 2.31. The van der Waals surface area contributed by atoms with Crippen molar-refractivity contribution in [2.24, 2.45) is 11.8 Å². The molecule has 1 aromatic carbocycles. The van der Waals surface area contributed by atoms with E-state index in [9.17, 15) is 0 Å². The Morgan fingerprint density at radius 1 is 1.22 bits per heavy atom. The van der Waals surface area contributed by atoms with Gasteiger partial charge in [-0.3, -0.25) is 0 Å². The molecule has 2 atom stereocenters. The van der Waals surface area contributed by atoms with E-state index < -0.39 is 0 Å². The lowest BCUT2D eigenvalue weighted by molar-refractivity contribution is 0.216. The Morgan fingerprint density at radius 2 is 1.83 bits per heavy atom. The number of aryl methyl sites for hydroxylation is 1. The minimum atomic E-state index is 0.727. The fourth-order valence-electron chi connectivity index (χ4n) is 2.74. The zero-order valence-electron chi connectivity index (χ0n) is 11.4. The van der Waals surface area contributed by atoms with Gasteiger partial charge in [-0.25, -0.2) is 0 Å². The molecule has 1 aliphatic heterocycles. The van der Waals surface area contributed by atoms with Crippen molar-refractivity contribution in [3.63, 3.8) is 0 Å². The van der Waals surface area contributed by atoms with Gasteiger partial charge in [-0.15, -0.1) is 0 Å². The third-order valence-electron chi connectivity index (χ3n) is 3.54. The largest absolute Gasteiger partial charge is 0.348 e. The molecule has 0 radical (unpaired) electrons. The van der Waals surface area contributed by atoms with Crippen molar-refractivity contribution in [2.75, 3.05) is 18.4 Å². The molecule has 1 N–H and O–H groups in total. The van der Waals surface area contributed by atoms with Crippen molar-refractivity contribution in [1.29, 1.82) is 0 Å². The highest BCUT2D eigenvalue weighted by molar-refractivity contribution is 7.80. The van der Waals surface area contributed by atoms with Gasteiger partial charge in [-0.05, 0) is 49.0 Å². The quantitative estimate of drug-likeness (QED) is 0.777. The first-order valence-corrected chi connectivity index (χ1v) is 7.08. The number of nitrogens with one attached hydrogen (secondary N) is 1. The van der Waals surface area contributed by atoms with Gasteiger partial charge in [-0.2, -0.15) is 0 Å². The zero-order valence-corrected chi connectivity index (χ0v) is 12.3. The lowest BCUT2D eigenvalue weighted by atomic mass is 9.92. The predicted molar refractivity (Wildman–Crippen MR) is 81.9 cm³/mol. The van der Waals surface area contributed by atoms with E-state index in [4.69, 9.17) is 12.2 Å². The Labute approximate surface area is 115 Å². The lowest BCUT2D eigenvalue weighted by Crippen LogP contribution is -2.44. The summed E-state index contributed by atoms with van der Waals surface area (Å²) in [6.45, 7) is 8.86. The molecule has 0 aliphatic carbocycles. The van der Waals surface area contributed by atoms with Gasteiger partial charge in [0.05, 0.1) is 0 Å². The summed E-state index contributed by atoms with van der Waals surface area (Å²) < 4.78 is 0. The van der Waals surface area contributed by atoms with Crippen LogP contribution in [0.3, 0.4) is 0 Å². The minimum absolute atomic E-state index is 0.727. The number of piperidine rings is 1. The zero-order chi connectivity index (χ0) is 13.1. The number of hydrogen-bond acceptors (Lipinski definition) is 1. The molecule has 18 heavy (non-hydrogen) atoms. The van der Waals surface area contributed by atoms with Crippen LogP contribution >= 0.6 is 12.2 Å². The Balaban J connectivity index is 2.02. The normalized spacial score (nSPS) is 23.8. The fourth-order valence-corrected chi connectivity index (χ4v) is 3.00. The van der Waals surface area contributed by atoms with E-state index in [0.29, 0.717) is 0 Å². The van der Waals surface area contributed by atoms with Gasteiger partial charge >= 0.3 is 0 Å². The first-order chi connectivity index (χ1) is 8.56. The second-order valence-electron chi connectivity index (χ2n) is 5.60. The third kappa shape index (κ3) is 3.22. The molecular weight excluding hydrogens is 240 g/mol. The van der Waals surface area contributed by atoms with Crippen LogP contribution in [-0.4, -0.2) is 23.1 Å². The van der Waals surface area contributed by atoms with Gasteiger partial charge in [0, 0.05) is 18.8 Å². The van der Waals surface area contributed by atoms with Crippen molar-refractivity contribution in [3.8, 4) is 0 Å². The average molecular weight is 262 g/mol. The lowest BCUT2D eigenvalue weighted by Gasteiger charge is -2.36. The molecule has 0 bridgehead atoms. The highest BCUT2D eigenvalue weighted by Gasteiger charge is 2.23. The third-order valence-corrected chi connectivity index (χ3v) is 3.90. The van der Waals surface area contributed by atoms with E-state index in [-0.39, 0.29) is 0 Å². The maximum atomic E-state index is 5.54. The molecule has 0 saturated carbocycles. The molecule has 2 rings (SSSR count). The Kier molecular flexibility index (Phi) is 4.23. The number of benzene rings is 1. The molecule has 0 unspecified atom stereocenters. The standard InChI is InChI=1S/C15H22N2S/c1-11-8-12(2)10-17(9-11)15(18)16-14-7-5-4-6-13(14)3/h4-7,11-12H,8-10H2,1-3H3,(H,16,18)/t11-,12+. The van der Waals surface area contributed by atoms with E-state index >= 15 is 0 Å². The summed E-state index contributed by atoms with van der Waals surface area (Å²) in [5.41, 5.74) is 2.35. The smallest absolute Gasteiger partial charge is 0.173 e. The van der Waals surface area contributed by atoms with Gasteiger partial charge in [-0.1, -0.05) is 32.0 Å². The molecule has 2 nitrogen and oxygen atoms in total. The Bertz CT molecular complexity index is 420. The summed E-state index contributed by atoms with van der Waals surface area (Å²) in [5, 5.41) is 4.24. The van der Waals surface area contributed by atoms with Crippen molar-refractivity contribution in [3.05, 3.63) is 29.8 Å². The van der Waals surface area contributed by atoms with Crippen LogP contribution in [0.4, 0.5) is 5.69 Å². The SMILES string of the molecule is Cc1ccccc1NC(=S)N1C[C@H](C)C[C@H](C)C1. The number of thiocarbonyl (C=S) groups is 1. The molecule has 1 aliphatic rings. The van der Waals surface area contributed by atoms with Crippen LogP contribution in [0.5, 0.6) is 0 Å². The summed E-state index contributed by atoms with van der Waals surface area (Å²) in [7, 11) is 0. The van der Waals surface area contributed by atoms with Gasteiger partial charge in [0.25, 0.3) is 0 Å². The number of anilines is 1. The highest BCUT2D eigenvalue weighted by Crippen LogP contribution is 2.22. The van der Waals surface area contributed by atoms with Crippen molar-refractivity contribution in [2.45, 2.75) is 27.2 Å². The van der Waals surface area contributed by atoms with Crippen LogP contribution in [-0.2, 0) is 0 Å². The van der Waals surface area contributed by atoms with Crippen LogP contribution < -0.4 is 5.32 Å². The molecule has 0 amide bonds. The topological polar surface area (TPSA) is 15.3 Å². The molecule has 1 fully saturated rings. The fraction of sp³-hybridized carbons (Fsp3) is 0.533. The van der Waals surface area contributed by atoms with Crippen LogP contribution in [0, 0.1) is 18.8 Å². The summed E-state index contributed by atoms with van der Waals surface area (Å²) in [4.78, 5) is 2.31. The minimum Gasteiger partial charge on any atom is -0.348 e. The summed E-state index contributed by atoms with van der Waals surface area (Å²) >= 11 is 5.54. The van der Waals surface area contributed by atoms with E-state index in [1.165, 1.54) is 12.0 Å². The predicted octanol–water partition coefficient (Wildman–Crippen LogP) is 3.67. The highest BCUT2D eigenvalue weighted by atomic mass is 32.1. The number of hydrogen-bond donors (Lipinski definition) is 1. The molecule has 3 heteroatoms. The van der Waals surface area contributed by atoms with E-state index in [1.807, 2.05) is 6.07 Å². The van der Waals surface area contributed by atoms with E-state index in [2.05, 4.69) is 49.2 Å². The van der Waals surface area contributed by atoms with E-state index in [1.54, 1.807) is 0 Å². The second-order valence-corrected chi connectivity index (χ2v) is 5.98. The molecule has 0 spiro atoms.